The zero-order valence-corrected chi connectivity index (χ0v) is 14.5. The molecule has 0 aliphatic heterocycles. The van der Waals surface area contributed by atoms with E-state index in [1.54, 1.807) is 7.11 Å². The molecule has 4 rings (SSSR count). The van der Waals surface area contributed by atoms with Gasteiger partial charge in [0, 0.05) is 17.2 Å². The summed E-state index contributed by atoms with van der Waals surface area (Å²) in [6.07, 6.45) is 0. The number of tetrazole rings is 1. The quantitative estimate of drug-likeness (QED) is 0.551. The third-order valence-corrected chi connectivity index (χ3v) is 4.00. The number of rotatable bonds is 5. The van der Waals surface area contributed by atoms with Crippen molar-refractivity contribution < 1.29 is 9.26 Å². The van der Waals surface area contributed by atoms with E-state index in [2.05, 4.69) is 20.6 Å². The molecule has 0 aliphatic carbocycles. The van der Waals surface area contributed by atoms with Gasteiger partial charge in [0.15, 0.2) is 5.76 Å². The van der Waals surface area contributed by atoms with E-state index in [0.717, 1.165) is 22.6 Å². The second-order valence-electron chi connectivity index (χ2n) is 5.92. The molecular weight excluding hydrogens is 330 g/mol. The Kier molecular flexibility index (Phi) is 4.18. The summed E-state index contributed by atoms with van der Waals surface area (Å²) in [5.41, 5.74) is 3.82. The van der Waals surface area contributed by atoms with Crippen molar-refractivity contribution in [3.05, 3.63) is 65.9 Å². The fraction of sp³-hybridized carbons (Fsp3) is 0.158. The lowest BCUT2D eigenvalue weighted by atomic mass is 10.1. The van der Waals surface area contributed by atoms with E-state index >= 15 is 0 Å². The molecule has 2 aromatic heterocycles. The van der Waals surface area contributed by atoms with E-state index in [1.165, 1.54) is 10.4 Å². The van der Waals surface area contributed by atoms with Gasteiger partial charge in [-0.3, -0.25) is 0 Å². The van der Waals surface area contributed by atoms with E-state index in [0.29, 0.717) is 18.1 Å². The van der Waals surface area contributed by atoms with Crippen LogP contribution in [0.4, 0.5) is 0 Å². The van der Waals surface area contributed by atoms with Crippen LogP contribution in [0.25, 0.3) is 22.6 Å². The molecule has 130 valence electrons. The largest absolute Gasteiger partial charge is 0.497 e. The van der Waals surface area contributed by atoms with Crippen LogP contribution in [-0.2, 0) is 6.54 Å². The summed E-state index contributed by atoms with van der Waals surface area (Å²) >= 11 is 0. The molecule has 0 N–H and O–H groups in total. The second-order valence-corrected chi connectivity index (χ2v) is 5.92. The summed E-state index contributed by atoms with van der Waals surface area (Å²) in [4.78, 5) is 1.49. The molecule has 0 saturated carbocycles. The van der Waals surface area contributed by atoms with Crippen LogP contribution in [0.1, 0.15) is 11.3 Å². The Morgan fingerprint density at radius 2 is 1.73 bits per heavy atom. The lowest BCUT2D eigenvalue weighted by Gasteiger charge is -1.99. The normalized spacial score (nSPS) is 10.8. The van der Waals surface area contributed by atoms with Gasteiger partial charge in [-0.25, -0.2) is 0 Å². The summed E-state index contributed by atoms with van der Waals surface area (Å²) in [6.45, 7) is 2.40. The number of ether oxygens (including phenoxy) is 1. The number of methoxy groups -OCH3 is 1. The molecule has 7 heteroatoms. The second kappa shape index (κ2) is 6.79. The number of benzene rings is 2. The first-order chi connectivity index (χ1) is 12.7. The Bertz CT molecular complexity index is 1000. The molecule has 0 spiro atoms. The highest BCUT2D eigenvalue weighted by Gasteiger charge is 2.11. The molecule has 26 heavy (non-hydrogen) atoms. The van der Waals surface area contributed by atoms with Crippen LogP contribution >= 0.6 is 0 Å². The summed E-state index contributed by atoms with van der Waals surface area (Å²) < 4.78 is 10.6. The Morgan fingerprint density at radius 3 is 2.46 bits per heavy atom. The molecule has 0 saturated heterocycles. The molecule has 2 heterocycles. The molecule has 4 aromatic rings. The average molecular weight is 347 g/mol. The smallest absolute Gasteiger partial charge is 0.204 e. The van der Waals surface area contributed by atoms with Crippen LogP contribution in [0.15, 0.2) is 59.1 Å². The minimum Gasteiger partial charge on any atom is -0.497 e. The van der Waals surface area contributed by atoms with Gasteiger partial charge in [0.25, 0.3) is 0 Å². The third kappa shape index (κ3) is 3.32. The van der Waals surface area contributed by atoms with Crippen LogP contribution < -0.4 is 4.74 Å². The Morgan fingerprint density at radius 1 is 1.00 bits per heavy atom. The highest BCUT2D eigenvalue weighted by molar-refractivity contribution is 5.59. The van der Waals surface area contributed by atoms with Gasteiger partial charge >= 0.3 is 0 Å². The van der Waals surface area contributed by atoms with Crippen LogP contribution in [0.3, 0.4) is 0 Å². The van der Waals surface area contributed by atoms with Gasteiger partial charge < -0.3 is 9.26 Å². The molecule has 0 bridgehead atoms. The fourth-order valence-electron chi connectivity index (χ4n) is 2.55. The predicted octanol–water partition coefficient (Wildman–Crippen LogP) is 3.36. The maximum absolute atomic E-state index is 5.40. The van der Waals surface area contributed by atoms with Gasteiger partial charge in [-0.1, -0.05) is 35.0 Å². The predicted molar refractivity (Wildman–Crippen MR) is 95.6 cm³/mol. The SMILES string of the molecule is COc1ccc(-c2cc(Cn3nnc(-c4ccc(C)cc4)n3)on2)cc1. The lowest BCUT2D eigenvalue weighted by molar-refractivity contribution is 0.364. The van der Waals surface area contributed by atoms with E-state index in [1.807, 2.05) is 61.5 Å². The van der Waals surface area contributed by atoms with E-state index in [9.17, 15) is 0 Å². The summed E-state index contributed by atoms with van der Waals surface area (Å²) in [5, 5.41) is 16.7. The Balaban J connectivity index is 1.49. The van der Waals surface area contributed by atoms with Crippen molar-refractivity contribution >= 4 is 0 Å². The van der Waals surface area contributed by atoms with Crippen molar-refractivity contribution in [2.24, 2.45) is 0 Å². The van der Waals surface area contributed by atoms with Crippen molar-refractivity contribution in [2.75, 3.05) is 7.11 Å². The number of aryl methyl sites for hydroxylation is 1. The first-order valence-electron chi connectivity index (χ1n) is 8.16. The molecule has 0 amide bonds. The summed E-state index contributed by atoms with van der Waals surface area (Å²) in [5.74, 6) is 2.04. The molecule has 7 nitrogen and oxygen atoms in total. The lowest BCUT2D eigenvalue weighted by Crippen LogP contribution is -2.03. The first-order valence-corrected chi connectivity index (χ1v) is 8.16. The van der Waals surface area contributed by atoms with Crippen molar-refractivity contribution in [2.45, 2.75) is 13.5 Å². The standard InChI is InChI=1S/C19H17N5O2/c1-13-3-5-15(6-4-13)19-20-23-24(21-19)12-17-11-18(22-26-17)14-7-9-16(25-2)10-8-14/h3-11H,12H2,1-2H3. The highest BCUT2D eigenvalue weighted by atomic mass is 16.5. The van der Waals surface area contributed by atoms with Crippen LogP contribution in [0.2, 0.25) is 0 Å². The Labute approximate surface area is 150 Å². The number of nitrogens with zero attached hydrogens (tertiary/aromatic N) is 5. The molecule has 0 aliphatic rings. The monoisotopic (exact) mass is 347 g/mol. The van der Waals surface area contributed by atoms with Gasteiger partial charge in [0.05, 0.1) is 7.11 Å². The molecule has 0 fully saturated rings. The number of hydrogen-bond donors (Lipinski definition) is 0. The maximum Gasteiger partial charge on any atom is 0.204 e. The van der Waals surface area contributed by atoms with Crippen molar-refractivity contribution in [1.82, 2.24) is 25.4 Å². The van der Waals surface area contributed by atoms with Crippen LogP contribution in [-0.4, -0.2) is 32.5 Å². The first kappa shape index (κ1) is 16.0. The van der Waals surface area contributed by atoms with Crippen molar-refractivity contribution in [3.8, 4) is 28.4 Å². The van der Waals surface area contributed by atoms with Crippen LogP contribution in [0.5, 0.6) is 5.75 Å². The summed E-state index contributed by atoms with van der Waals surface area (Å²) in [7, 11) is 1.64. The maximum atomic E-state index is 5.40. The fourth-order valence-corrected chi connectivity index (χ4v) is 2.55. The third-order valence-electron chi connectivity index (χ3n) is 4.00. The molecule has 2 aromatic carbocycles. The van der Waals surface area contributed by atoms with Gasteiger partial charge in [-0.05, 0) is 36.4 Å². The number of hydrogen-bond acceptors (Lipinski definition) is 6. The average Bonchev–Trinajstić information content (AvgIpc) is 3.33. The molecule has 0 atom stereocenters. The summed E-state index contributed by atoms with van der Waals surface area (Å²) in [6, 6.07) is 17.5. The van der Waals surface area contributed by atoms with E-state index in [-0.39, 0.29) is 0 Å². The highest BCUT2D eigenvalue weighted by Crippen LogP contribution is 2.22. The molecule has 0 radical (unpaired) electrons. The molecule has 0 unspecified atom stereocenters. The van der Waals surface area contributed by atoms with Crippen molar-refractivity contribution in [3.63, 3.8) is 0 Å². The minimum atomic E-state index is 0.363. The Hall–Kier alpha value is -3.48. The topological polar surface area (TPSA) is 78.9 Å². The van der Waals surface area contributed by atoms with Crippen LogP contribution in [0, 0.1) is 6.92 Å². The minimum absolute atomic E-state index is 0.363. The van der Waals surface area contributed by atoms with E-state index < -0.39 is 0 Å². The molecular formula is C19H17N5O2. The number of aromatic nitrogens is 5. The zero-order chi connectivity index (χ0) is 17.9. The van der Waals surface area contributed by atoms with Gasteiger partial charge in [0.1, 0.15) is 18.0 Å². The van der Waals surface area contributed by atoms with Gasteiger partial charge in [-0.15, -0.1) is 10.2 Å². The van der Waals surface area contributed by atoms with Gasteiger partial charge in [-0.2, -0.15) is 4.80 Å². The zero-order valence-electron chi connectivity index (χ0n) is 14.5. The van der Waals surface area contributed by atoms with E-state index in [4.69, 9.17) is 9.26 Å². The van der Waals surface area contributed by atoms with Crippen molar-refractivity contribution in [1.29, 1.82) is 0 Å². The van der Waals surface area contributed by atoms with Gasteiger partial charge in [0.2, 0.25) is 5.82 Å².